The summed E-state index contributed by atoms with van der Waals surface area (Å²) in [7, 11) is 4.53. The van der Waals surface area contributed by atoms with Gasteiger partial charge in [-0.25, -0.2) is 9.18 Å². The molecule has 1 aromatic heterocycles. The van der Waals surface area contributed by atoms with Crippen LogP contribution in [0.4, 0.5) is 9.39 Å². The first-order valence-corrected chi connectivity index (χ1v) is 9.20. The molecule has 1 heterocycles. The minimum Gasteiger partial charge on any atom is -0.465 e. The molecule has 27 heavy (non-hydrogen) atoms. The lowest BCUT2D eigenvalue weighted by molar-refractivity contribution is 0.0601. The van der Waals surface area contributed by atoms with Gasteiger partial charge < -0.3 is 20.3 Å². The highest BCUT2D eigenvalue weighted by Crippen LogP contribution is 2.34. The molecule has 2 N–H and O–H groups in total. The van der Waals surface area contributed by atoms with Crippen molar-refractivity contribution in [2.75, 3.05) is 26.5 Å². The zero-order valence-electron chi connectivity index (χ0n) is 15.4. The van der Waals surface area contributed by atoms with E-state index in [4.69, 9.17) is 17.0 Å². The van der Waals surface area contributed by atoms with E-state index < -0.39 is 5.97 Å². The minimum atomic E-state index is -0.569. The Kier molecular flexibility index (Phi) is 6.86. The fourth-order valence-electron chi connectivity index (χ4n) is 2.32. The first-order chi connectivity index (χ1) is 12.8. The van der Waals surface area contributed by atoms with Crippen molar-refractivity contribution in [3.8, 4) is 0 Å². The number of nitrogens with zero attached hydrogens (tertiary/aromatic N) is 1. The summed E-state index contributed by atoms with van der Waals surface area (Å²) in [5, 5.41) is 6.41. The van der Waals surface area contributed by atoms with Crippen molar-refractivity contribution in [2.24, 2.45) is 0 Å². The lowest BCUT2D eigenvalue weighted by atomic mass is 10.1. The number of hydrogen-bond acceptors (Lipinski definition) is 5. The molecule has 0 radical (unpaired) electrons. The second-order valence-corrected chi connectivity index (χ2v) is 7.28. The highest BCUT2D eigenvalue weighted by Gasteiger charge is 2.26. The molecule has 2 aromatic rings. The number of thiocarbonyl (C=S) groups is 1. The van der Waals surface area contributed by atoms with Crippen LogP contribution in [0.1, 0.15) is 31.2 Å². The summed E-state index contributed by atoms with van der Waals surface area (Å²) in [6.45, 7) is 1.86. The van der Waals surface area contributed by atoms with Crippen LogP contribution in [0.25, 0.3) is 0 Å². The molecule has 0 aliphatic carbocycles. The van der Waals surface area contributed by atoms with E-state index in [1.165, 1.54) is 18.1 Å². The molecule has 6 nitrogen and oxygen atoms in total. The fraction of sp³-hybridized carbons (Fsp3) is 0.278. The Labute approximate surface area is 166 Å². The Morgan fingerprint density at radius 1 is 1.30 bits per heavy atom. The smallest absolute Gasteiger partial charge is 0.341 e. The molecule has 0 saturated carbocycles. The monoisotopic (exact) mass is 409 g/mol. The van der Waals surface area contributed by atoms with Gasteiger partial charge in [0.05, 0.1) is 17.6 Å². The van der Waals surface area contributed by atoms with Crippen LogP contribution >= 0.6 is 23.6 Å². The van der Waals surface area contributed by atoms with Crippen LogP contribution in [0, 0.1) is 12.7 Å². The van der Waals surface area contributed by atoms with E-state index in [2.05, 4.69) is 10.6 Å². The van der Waals surface area contributed by atoms with Crippen molar-refractivity contribution in [3.63, 3.8) is 0 Å². The zero-order valence-corrected chi connectivity index (χ0v) is 17.0. The number of methoxy groups -OCH3 is 1. The van der Waals surface area contributed by atoms with E-state index in [0.29, 0.717) is 21.0 Å². The molecule has 144 valence electrons. The van der Waals surface area contributed by atoms with Gasteiger partial charge in [-0.1, -0.05) is 18.2 Å². The van der Waals surface area contributed by atoms with Gasteiger partial charge in [0.25, 0.3) is 5.91 Å². The number of hydrogen-bond donors (Lipinski definition) is 2. The van der Waals surface area contributed by atoms with Crippen molar-refractivity contribution >= 4 is 45.5 Å². The number of carbonyl (C=O) groups is 2. The van der Waals surface area contributed by atoms with Crippen molar-refractivity contribution in [2.45, 2.75) is 13.5 Å². The highest BCUT2D eigenvalue weighted by atomic mass is 32.1. The molecule has 0 aliphatic rings. The lowest BCUT2D eigenvalue weighted by Crippen LogP contribution is -2.28. The quantitative estimate of drug-likeness (QED) is 0.584. The molecule has 0 bridgehead atoms. The number of esters is 1. The van der Waals surface area contributed by atoms with Crippen LogP contribution in [0.15, 0.2) is 24.3 Å². The van der Waals surface area contributed by atoms with E-state index >= 15 is 0 Å². The first-order valence-electron chi connectivity index (χ1n) is 7.97. The molecule has 0 saturated heterocycles. The zero-order chi connectivity index (χ0) is 20.1. The molecule has 0 unspecified atom stereocenters. The van der Waals surface area contributed by atoms with Crippen LogP contribution in [0.5, 0.6) is 0 Å². The third-order valence-electron chi connectivity index (χ3n) is 3.76. The van der Waals surface area contributed by atoms with Crippen LogP contribution in [-0.2, 0) is 11.3 Å². The summed E-state index contributed by atoms with van der Waals surface area (Å²) < 4.78 is 18.5. The third-order valence-corrected chi connectivity index (χ3v) is 5.20. The number of benzene rings is 1. The van der Waals surface area contributed by atoms with E-state index in [1.807, 2.05) is 0 Å². The van der Waals surface area contributed by atoms with Gasteiger partial charge in [0.15, 0.2) is 5.11 Å². The maximum Gasteiger partial charge on any atom is 0.341 e. The summed E-state index contributed by atoms with van der Waals surface area (Å²) in [5.74, 6) is -1.13. The van der Waals surface area contributed by atoms with E-state index in [1.54, 1.807) is 39.2 Å². The summed E-state index contributed by atoms with van der Waals surface area (Å²) in [6.07, 6.45) is 0. The first kappa shape index (κ1) is 20.8. The second-order valence-electron chi connectivity index (χ2n) is 5.85. The molecule has 0 aliphatic heterocycles. The standard InChI is InChI=1S/C18H20FN3O3S2/c1-10-13(17(24)25-4)15(27-14(10)16(23)22(2)3)21-18(26)20-9-11-7-5-6-8-12(11)19/h5-8H,9H2,1-4H3,(H2,20,21,26). The Hall–Kier alpha value is -2.52. The average molecular weight is 410 g/mol. The van der Waals surface area contributed by atoms with Crippen LogP contribution in [0.2, 0.25) is 0 Å². The van der Waals surface area contributed by atoms with Crippen LogP contribution < -0.4 is 10.6 Å². The number of halogens is 1. The summed E-state index contributed by atoms with van der Waals surface area (Å²) in [4.78, 5) is 26.4. The van der Waals surface area contributed by atoms with Gasteiger partial charge in [-0.2, -0.15) is 0 Å². The number of amides is 1. The largest absolute Gasteiger partial charge is 0.465 e. The predicted octanol–water partition coefficient (Wildman–Crippen LogP) is 3.17. The van der Waals surface area contributed by atoms with Gasteiger partial charge in [0.2, 0.25) is 0 Å². The molecule has 0 fully saturated rings. The van der Waals surface area contributed by atoms with Crippen molar-refractivity contribution in [1.82, 2.24) is 10.2 Å². The van der Waals surface area contributed by atoms with Gasteiger partial charge in [-0.05, 0) is 30.8 Å². The molecule has 0 spiro atoms. The van der Waals surface area contributed by atoms with Crippen LogP contribution in [0.3, 0.4) is 0 Å². The Morgan fingerprint density at radius 2 is 1.96 bits per heavy atom. The average Bonchev–Trinajstić information content (AvgIpc) is 2.95. The summed E-state index contributed by atoms with van der Waals surface area (Å²) in [5.41, 5.74) is 1.23. The number of thiophene rings is 1. The van der Waals surface area contributed by atoms with Gasteiger partial charge in [0.1, 0.15) is 10.8 Å². The van der Waals surface area contributed by atoms with Crippen molar-refractivity contribution < 1.29 is 18.7 Å². The van der Waals surface area contributed by atoms with Gasteiger partial charge in [-0.3, -0.25) is 4.79 Å². The van der Waals surface area contributed by atoms with E-state index in [-0.39, 0.29) is 28.9 Å². The second kappa shape index (κ2) is 8.92. The fourth-order valence-corrected chi connectivity index (χ4v) is 3.78. The maximum absolute atomic E-state index is 13.7. The molecule has 2 rings (SSSR count). The Morgan fingerprint density at radius 3 is 2.56 bits per heavy atom. The summed E-state index contributed by atoms with van der Waals surface area (Å²) >= 11 is 6.36. The number of carbonyl (C=O) groups excluding carboxylic acids is 2. The molecule has 0 atom stereocenters. The summed E-state index contributed by atoms with van der Waals surface area (Å²) in [6, 6.07) is 6.35. The Balaban J connectivity index is 2.22. The normalized spacial score (nSPS) is 10.3. The van der Waals surface area contributed by atoms with Gasteiger partial charge in [0, 0.05) is 26.2 Å². The minimum absolute atomic E-state index is 0.180. The lowest BCUT2D eigenvalue weighted by Gasteiger charge is -2.11. The van der Waals surface area contributed by atoms with E-state index in [0.717, 1.165) is 11.3 Å². The predicted molar refractivity (Wildman–Crippen MR) is 108 cm³/mol. The number of nitrogens with one attached hydrogen (secondary N) is 2. The van der Waals surface area contributed by atoms with Crippen molar-refractivity contribution in [3.05, 3.63) is 51.7 Å². The molecule has 9 heteroatoms. The molecule has 1 amide bonds. The molecule has 1 aromatic carbocycles. The Bertz CT molecular complexity index is 881. The topological polar surface area (TPSA) is 70.7 Å². The maximum atomic E-state index is 13.7. The highest BCUT2D eigenvalue weighted by molar-refractivity contribution is 7.80. The van der Waals surface area contributed by atoms with Crippen molar-refractivity contribution in [1.29, 1.82) is 0 Å². The van der Waals surface area contributed by atoms with Crippen LogP contribution in [-0.4, -0.2) is 43.1 Å². The van der Waals surface area contributed by atoms with E-state index in [9.17, 15) is 14.0 Å². The number of rotatable bonds is 5. The van der Waals surface area contributed by atoms with Gasteiger partial charge in [-0.15, -0.1) is 11.3 Å². The SMILES string of the molecule is COC(=O)c1c(NC(=S)NCc2ccccc2F)sc(C(=O)N(C)C)c1C. The number of anilines is 1. The molecular formula is C18H20FN3O3S2. The third kappa shape index (κ3) is 4.81. The molecular weight excluding hydrogens is 389 g/mol. The number of ether oxygens (including phenoxy) is 1. The van der Waals surface area contributed by atoms with Gasteiger partial charge >= 0.3 is 5.97 Å².